The van der Waals surface area contributed by atoms with Crippen LogP contribution in [0.4, 0.5) is 0 Å². The van der Waals surface area contributed by atoms with E-state index in [4.69, 9.17) is 16.3 Å². The standard InChI is InChI=1S/C14H10ClN3O/c1-9-6-7-10(8-16-9)19-14-12-5-3-2-4-11(12)13(15)17-18-14/h2-8H,1H3. The third-order valence-electron chi connectivity index (χ3n) is 2.71. The molecule has 0 amide bonds. The van der Waals surface area contributed by atoms with E-state index in [0.717, 1.165) is 16.5 Å². The van der Waals surface area contributed by atoms with Gasteiger partial charge < -0.3 is 4.74 Å². The molecular formula is C14H10ClN3O. The summed E-state index contributed by atoms with van der Waals surface area (Å²) in [7, 11) is 0. The normalized spacial score (nSPS) is 10.6. The lowest BCUT2D eigenvalue weighted by Crippen LogP contribution is -1.94. The zero-order chi connectivity index (χ0) is 13.2. The summed E-state index contributed by atoms with van der Waals surface area (Å²) in [4.78, 5) is 4.17. The van der Waals surface area contributed by atoms with Crippen molar-refractivity contribution >= 4 is 22.4 Å². The van der Waals surface area contributed by atoms with Crippen LogP contribution >= 0.6 is 11.6 Å². The van der Waals surface area contributed by atoms with Gasteiger partial charge in [-0.15, -0.1) is 10.2 Å². The minimum Gasteiger partial charge on any atom is -0.435 e. The Bertz CT molecular complexity index is 728. The molecule has 2 aromatic heterocycles. The molecular weight excluding hydrogens is 262 g/mol. The van der Waals surface area contributed by atoms with E-state index < -0.39 is 0 Å². The Morgan fingerprint density at radius 2 is 1.79 bits per heavy atom. The first-order valence-corrected chi connectivity index (χ1v) is 6.13. The number of rotatable bonds is 2. The van der Waals surface area contributed by atoms with Gasteiger partial charge >= 0.3 is 0 Å². The average Bonchev–Trinajstić information content (AvgIpc) is 2.45. The van der Waals surface area contributed by atoms with E-state index in [1.54, 1.807) is 6.20 Å². The van der Waals surface area contributed by atoms with Crippen LogP contribution in [0.15, 0.2) is 42.6 Å². The molecule has 0 unspecified atom stereocenters. The fourth-order valence-electron chi connectivity index (χ4n) is 1.75. The van der Waals surface area contributed by atoms with Crippen molar-refractivity contribution in [3.05, 3.63) is 53.4 Å². The van der Waals surface area contributed by atoms with Crippen LogP contribution in [0.1, 0.15) is 5.69 Å². The van der Waals surface area contributed by atoms with E-state index in [1.807, 2.05) is 43.3 Å². The van der Waals surface area contributed by atoms with Crippen molar-refractivity contribution in [1.29, 1.82) is 0 Å². The summed E-state index contributed by atoms with van der Waals surface area (Å²) in [5.41, 5.74) is 0.930. The van der Waals surface area contributed by atoms with E-state index in [1.165, 1.54) is 0 Å². The molecule has 0 spiro atoms. The fraction of sp³-hybridized carbons (Fsp3) is 0.0714. The highest BCUT2D eigenvalue weighted by molar-refractivity contribution is 6.34. The second kappa shape index (κ2) is 4.82. The molecule has 0 atom stereocenters. The molecule has 0 radical (unpaired) electrons. The number of aromatic nitrogens is 3. The number of benzene rings is 1. The molecule has 0 bridgehead atoms. The van der Waals surface area contributed by atoms with Gasteiger partial charge in [-0.05, 0) is 25.1 Å². The maximum atomic E-state index is 6.01. The highest BCUT2D eigenvalue weighted by atomic mass is 35.5. The molecule has 2 heterocycles. The first-order valence-electron chi connectivity index (χ1n) is 5.75. The van der Waals surface area contributed by atoms with E-state index >= 15 is 0 Å². The number of aryl methyl sites for hydroxylation is 1. The van der Waals surface area contributed by atoms with Crippen LogP contribution in [0.3, 0.4) is 0 Å². The van der Waals surface area contributed by atoms with Crippen molar-refractivity contribution in [3.63, 3.8) is 0 Å². The second-order valence-electron chi connectivity index (χ2n) is 4.08. The monoisotopic (exact) mass is 271 g/mol. The first kappa shape index (κ1) is 11.9. The van der Waals surface area contributed by atoms with Gasteiger partial charge in [-0.25, -0.2) is 0 Å². The van der Waals surface area contributed by atoms with Gasteiger partial charge in [-0.2, -0.15) is 0 Å². The third-order valence-corrected chi connectivity index (χ3v) is 2.99. The lowest BCUT2D eigenvalue weighted by atomic mass is 10.2. The molecule has 0 aliphatic carbocycles. The second-order valence-corrected chi connectivity index (χ2v) is 4.44. The quantitative estimate of drug-likeness (QED) is 0.712. The molecule has 3 rings (SSSR count). The summed E-state index contributed by atoms with van der Waals surface area (Å²) in [6, 6.07) is 11.3. The molecule has 1 aromatic carbocycles. The van der Waals surface area contributed by atoms with Gasteiger partial charge in [0.25, 0.3) is 0 Å². The van der Waals surface area contributed by atoms with Gasteiger partial charge in [0.15, 0.2) is 5.15 Å². The van der Waals surface area contributed by atoms with Crippen LogP contribution < -0.4 is 4.74 Å². The summed E-state index contributed by atoms with van der Waals surface area (Å²) < 4.78 is 5.71. The van der Waals surface area contributed by atoms with E-state index in [-0.39, 0.29) is 0 Å². The predicted molar refractivity (Wildman–Crippen MR) is 73.6 cm³/mol. The number of halogens is 1. The Labute approximate surface area is 115 Å². The molecule has 0 aliphatic rings. The van der Waals surface area contributed by atoms with Crippen molar-refractivity contribution in [3.8, 4) is 11.6 Å². The molecule has 4 nitrogen and oxygen atoms in total. The number of nitrogens with zero attached hydrogens (tertiary/aromatic N) is 3. The number of hydrogen-bond donors (Lipinski definition) is 0. The SMILES string of the molecule is Cc1ccc(Oc2nnc(Cl)c3ccccc23)cn1. The largest absolute Gasteiger partial charge is 0.435 e. The van der Waals surface area contributed by atoms with Gasteiger partial charge in [0.2, 0.25) is 5.88 Å². The number of pyridine rings is 1. The lowest BCUT2D eigenvalue weighted by Gasteiger charge is -2.07. The molecule has 0 N–H and O–H groups in total. The summed E-state index contributed by atoms with van der Waals surface area (Å²) >= 11 is 6.01. The van der Waals surface area contributed by atoms with Gasteiger partial charge in [0, 0.05) is 16.5 Å². The van der Waals surface area contributed by atoms with Crippen molar-refractivity contribution < 1.29 is 4.74 Å². The summed E-state index contributed by atoms with van der Waals surface area (Å²) in [6.07, 6.45) is 1.65. The first-order chi connectivity index (χ1) is 9.24. The molecule has 0 aliphatic heterocycles. The molecule has 3 aromatic rings. The Hall–Kier alpha value is -2.20. The Kier molecular flexibility index (Phi) is 3.01. The number of hydrogen-bond acceptors (Lipinski definition) is 4. The predicted octanol–water partition coefficient (Wildman–Crippen LogP) is 3.78. The molecule has 0 saturated carbocycles. The Balaban J connectivity index is 2.06. The molecule has 0 fully saturated rings. The van der Waals surface area contributed by atoms with Crippen LogP contribution in [0.5, 0.6) is 11.6 Å². The molecule has 94 valence electrons. The maximum Gasteiger partial charge on any atom is 0.246 e. The van der Waals surface area contributed by atoms with Crippen LogP contribution in [0, 0.1) is 6.92 Å². The van der Waals surface area contributed by atoms with E-state index in [0.29, 0.717) is 16.8 Å². The van der Waals surface area contributed by atoms with Crippen molar-refractivity contribution in [2.24, 2.45) is 0 Å². The van der Waals surface area contributed by atoms with E-state index in [9.17, 15) is 0 Å². The fourth-order valence-corrected chi connectivity index (χ4v) is 1.95. The van der Waals surface area contributed by atoms with E-state index in [2.05, 4.69) is 15.2 Å². The highest BCUT2D eigenvalue weighted by Crippen LogP contribution is 2.29. The van der Waals surface area contributed by atoms with Crippen LogP contribution in [0.2, 0.25) is 5.15 Å². The summed E-state index contributed by atoms with van der Waals surface area (Å²) in [6.45, 7) is 1.92. The van der Waals surface area contributed by atoms with Gasteiger partial charge in [0.1, 0.15) is 5.75 Å². The minimum absolute atomic E-state index is 0.366. The topological polar surface area (TPSA) is 47.9 Å². The average molecular weight is 272 g/mol. The number of ether oxygens (including phenoxy) is 1. The van der Waals surface area contributed by atoms with Crippen LogP contribution in [-0.2, 0) is 0 Å². The van der Waals surface area contributed by atoms with Crippen LogP contribution in [-0.4, -0.2) is 15.2 Å². The van der Waals surface area contributed by atoms with Gasteiger partial charge in [0.05, 0.1) is 6.20 Å². The zero-order valence-electron chi connectivity index (χ0n) is 10.2. The molecule has 0 saturated heterocycles. The maximum absolute atomic E-state index is 6.01. The van der Waals surface area contributed by atoms with Crippen LogP contribution in [0.25, 0.3) is 10.8 Å². The summed E-state index contributed by atoms with van der Waals surface area (Å²) in [5, 5.41) is 9.89. The van der Waals surface area contributed by atoms with Gasteiger partial charge in [-0.1, -0.05) is 29.8 Å². The smallest absolute Gasteiger partial charge is 0.246 e. The van der Waals surface area contributed by atoms with Gasteiger partial charge in [-0.3, -0.25) is 4.98 Å². The third kappa shape index (κ3) is 2.35. The van der Waals surface area contributed by atoms with Crippen molar-refractivity contribution in [2.75, 3.05) is 0 Å². The lowest BCUT2D eigenvalue weighted by molar-refractivity contribution is 0.459. The molecule has 19 heavy (non-hydrogen) atoms. The Morgan fingerprint density at radius 3 is 2.53 bits per heavy atom. The van der Waals surface area contributed by atoms with Crippen molar-refractivity contribution in [1.82, 2.24) is 15.2 Å². The van der Waals surface area contributed by atoms with Crippen molar-refractivity contribution in [2.45, 2.75) is 6.92 Å². The zero-order valence-corrected chi connectivity index (χ0v) is 10.9. The highest BCUT2D eigenvalue weighted by Gasteiger charge is 2.09. The Morgan fingerprint density at radius 1 is 1.00 bits per heavy atom. The minimum atomic E-state index is 0.366. The molecule has 5 heteroatoms. The number of fused-ring (bicyclic) bond motifs is 1. The summed E-state index contributed by atoms with van der Waals surface area (Å²) in [5.74, 6) is 1.04.